The van der Waals surface area contributed by atoms with E-state index in [2.05, 4.69) is 15.9 Å². The summed E-state index contributed by atoms with van der Waals surface area (Å²) in [5.41, 5.74) is 0. The second kappa shape index (κ2) is 7.47. The Labute approximate surface area is 137 Å². The molecular formula is C13H17BrClNO4S. The first kappa shape index (κ1) is 18.3. The van der Waals surface area contributed by atoms with Gasteiger partial charge in [-0.25, -0.2) is 8.42 Å². The van der Waals surface area contributed by atoms with Crippen LogP contribution in [-0.4, -0.2) is 38.4 Å². The maximum Gasteiger partial charge on any atom is 0.263 e. The van der Waals surface area contributed by atoms with Gasteiger partial charge in [-0.3, -0.25) is 4.79 Å². The number of ether oxygens (including phenoxy) is 1. The Morgan fingerprint density at radius 2 is 1.95 bits per heavy atom. The van der Waals surface area contributed by atoms with Crippen LogP contribution in [0.2, 0.25) is 0 Å². The zero-order valence-electron chi connectivity index (χ0n) is 12.0. The molecule has 0 bridgehead atoms. The second-order valence-electron chi connectivity index (χ2n) is 4.30. The lowest BCUT2D eigenvalue weighted by molar-refractivity contribution is -0.137. The lowest BCUT2D eigenvalue weighted by Crippen LogP contribution is -2.40. The Hall–Kier alpha value is -0.790. The topological polar surface area (TPSA) is 63.7 Å². The van der Waals surface area contributed by atoms with Crippen molar-refractivity contribution in [2.45, 2.75) is 31.8 Å². The largest absolute Gasteiger partial charge is 0.480 e. The molecule has 0 aliphatic rings. The van der Waals surface area contributed by atoms with Crippen LogP contribution in [0.15, 0.2) is 27.6 Å². The Bertz CT molecular complexity index is 617. The highest BCUT2D eigenvalue weighted by Gasteiger charge is 2.21. The number of hydrogen-bond donors (Lipinski definition) is 0. The van der Waals surface area contributed by atoms with Crippen molar-refractivity contribution in [3.63, 3.8) is 0 Å². The summed E-state index contributed by atoms with van der Waals surface area (Å²) in [4.78, 5) is 13.7. The smallest absolute Gasteiger partial charge is 0.263 e. The van der Waals surface area contributed by atoms with E-state index >= 15 is 0 Å². The molecule has 0 aliphatic heterocycles. The van der Waals surface area contributed by atoms with Crippen LogP contribution in [0.4, 0.5) is 0 Å². The normalized spacial score (nSPS) is 12.8. The molecule has 0 aromatic heterocycles. The minimum atomic E-state index is -3.80. The van der Waals surface area contributed by atoms with Crippen LogP contribution in [0.3, 0.4) is 0 Å². The maximum atomic E-state index is 12.1. The van der Waals surface area contributed by atoms with Crippen molar-refractivity contribution < 1.29 is 17.9 Å². The number of rotatable bonds is 6. The molecule has 0 aliphatic carbocycles. The average molecular weight is 399 g/mol. The van der Waals surface area contributed by atoms with Crippen molar-refractivity contribution in [3.8, 4) is 5.75 Å². The van der Waals surface area contributed by atoms with E-state index in [1.807, 2.05) is 13.8 Å². The van der Waals surface area contributed by atoms with Gasteiger partial charge in [0.15, 0.2) is 6.10 Å². The number of likely N-dealkylation sites (N-methyl/N-ethyl adjacent to an activating group) is 1. The number of halogens is 2. The molecule has 1 aromatic carbocycles. The van der Waals surface area contributed by atoms with Crippen LogP contribution >= 0.6 is 26.6 Å². The van der Waals surface area contributed by atoms with E-state index in [0.717, 1.165) is 0 Å². The molecule has 21 heavy (non-hydrogen) atoms. The van der Waals surface area contributed by atoms with Gasteiger partial charge in [0.2, 0.25) is 0 Å². The van der Waals surface area contributed by atoms with E-state index in [0.29, 0.717) is 23.3 Å². The Balaban J connectivity index is 2.91. The van der Waals surface area contributed by atoms with Crippen molar-refractivity contribution in [2.24, 2.45) is 0 Å². The summed E-state index contributed by atoms with van der Waals surface area (Å²) in [6.45, 7) is 6.65. The summed E-state index contributed by atoms with van der Waals surface area (Å²) in [7, 11) is 1.47. The van der Waals surface area contributed by atoms with Crippen LogP contribution < -0.4 is 4.74 Å². The maximum absolute atomic E-state index is 12.1. The van der Waals surface area contributed by atoms with Gasteiger partial charge in [0.05, 0.1) is 9.37 Å². The summed E-state index contributed by atoms with van der Waals surface area (Å²) in [6.07, 6.45) is -0.667. The molecule has 0 N–H and O–H groups in total. The number of carbonyl (C=O) groups excluding carboxylic acids is 1. The SMILES string of the molecule is CCN(CC)C(=O)C(C)Oc1ccc(S(=O)(=O)Cl)cc1Br. The van der Waals surface area contributed by atoms with Crippen molar-refractivity contribution in [2.75, 3.05) is 13.1 Å². The predicted octanol–water partition coefficient (Wildman–Crippen LogP) is 3.01. The Morgan fingerprint density at radius 3 is 2.38 bits per heavy atom. The average Bonchev–Trinajstić information content (AvgIpc) is 2.41. The van der Waals surface area contributed by atoms with Gasteiger partial charge in [0.25, 0.3) is 15.0 Å². The van der Waals surface area contributed by atoms with Crippen LogP contribution in [0.25, 0.3) is 0 Å². The number of benzene rings is 1. The summed E-state index contributed by atoms with van der Waals surface area (Å²) < 4.78 is 28.5. The first-order chi connectivity index (χ1) is 9.70. The summed E-state index contributed by atoms with van der Waals surface area (Å²) in [6, 6.07) is 4.13. The monoisotopic (exact) mass is 397 g/mol. The van der Waals surface area contributed by atoms with Gasteiger partial charge < -0.3 is 9.64 Å². The van der Waals surface area contributed by atoms with E-state index in [4.69, 9.17) is 15.4 Å². The van der Waals surface area contributed by atoms with Crippen molar-refractivity contribution in [3.05, 3.63) is 22.7 Å². The fraction of sp³-hybridized carbons (Fsp3) is 0.462. The van der Waals surface area contributed by atoms with Crippen molar-refractivity contribution in [1.29, 1.82) is 0 Å². The zero-order chi connectivity index (χ0) is 16.2. The van der Waals surface area contributed by atoms with Crippen LogP contribution in [0.5, 0.6) is 5.75 Å². The summed E-state index contributed by atoms with van der Waals surface area (Å²) in [5.74, 6) is 0.257. The van der Waals surface area contributed by atoms with Gasteiger partial charge >= 0.3 is 0 Å². The highest BCUT2D eigenvalue weighted by atomic mass is 79.9. The molecule has 0 heterocycles. The molecule has 0 spiro atoms. The van der Waals surface area contributed by atoms with Gasteiger partial charge in [0, 0.05) is 23.8 Å². The summed E-state index contributed by atoms with van der Waals surface area (Å²) in [5, 5.41) is 0. The van der Waals surface area contributed by atoms with Gasteiger partial charge in [-0.15, -0.1) is 0 Å². The third kappa shape index (κ3) is 4.86. The molecule has 1 aromatic rings. The first-order valence-electron chi connectivity index (χ1n) is 6.40. The lowest BCUT2D eigenvalue weighted by Gasteiger charge is -2.23. The lowest BCUT2D eigenvalue weighted by atomic mass is 10.3. The fourth-order valence-corrected chi connectivity index (χ4v) is 3.16. The standard InChI is InChI=1S/C13H17BrClNO4S/c1-4-16(5-2)13(17)9(3)20-12-7-6-10(8-11(12)14)21(15,18)19/h6-9H,4-5H2,1-3H3. The fourth-order valence-electron chi connectivity index (χ4n) is 1.76. The van der Waals surface area contributed by atoms with Gasteiger partial charge in [-0.1, -0.05) is 0 Å². The molecule has 0 fully saturated rings. The predicted molar refractivity (Wildman–Crippen MR) is 85.2 cm³/mol. The molecule has 1 unspecified atom stereocenters. The summed E-state index contributed by atoms with van der Waals surface area (Å²) >= 11 is 3.22. The van der Waals surface area contributed by atoms with Gasteiger partial charge in [-0.05, 0) is 54.9 Å². The van der Waals surface area contributed by atoms with Crippen LogP contribution in [-0.2, 0) is 13.8 Å². The number of amides is 1. The van der Waals surface area contributed by atoms with Gasteiger partial charge in [0.1, 0.15) is 5.75 Å². The highest BCUT2D eigenvalue weighted by molar-refractivity contribution is 9.10. The molecule has 1 rings (SSSR count). The molecular weight excluding hydrogens is 382 g/mol. The Kier molecular flexibility index (Phi) is 6.49. The van der Waals surface area contributed by atoms with E-state index in [-0.39, 0.29) is 10.8 Å². The second-order valence-corrected chi connectivity index (χ2v) is 7.72. The zero-order valence-corrected chi connectivity index (χ0v) is 15.1. The van der Waals surface area contributed by atoms with Crippen molar-refractivity contribution >= 4 is 41.6 Å². The van der Waals surface area contributed by atoms with Crippen molar-refractivity contribution in [1.82, 2.24) is 4.90 Å². The van der Waals surface area contributed by atoms with Crippen LogP contribution in [0, 0.1) is 0 Å². The first-order valence-corrected chi connectivity index (χ1v) is 9.50. The number of carbonyl (C=O) groups is 1. The molecule has 0 saturated carbocycles. The molecule has 5 nitrogen and oxygen atoms in total. The van der Waals surface area contributed by atoms with E-state index < -0.39 is 15.2 Å². The quantitative estimate of drug-likeness (QED) is 0.691. The molecule has 1 atom stereocenters. The third-order valence-corrected chi connectivity index (χ3v) is 4.88. The molecule has 0 saturated heterocycles. The molecule has 118 valence electrons. The number of hydrogen-bond acceptors (Lipinski definition) is 4. The molecule has 8 heteroatoms. The Morgan fingerprint density at radius 1 is 1.38 bits per heavy atom. The third-order valence-electron chi connectivity index (χ3n) is 2.91. The van der Waals surface area contributed by atoms with Crippen LogP contribution in [0.1, 0.15) is 20.8 Å². The molecule has 1 amide bonds. The van der Waals surface area contributed by atoms with E-state index in [1.54, 1.807) is 11.8 Å². The minimum absolute atomic E-state index is 0.0360. The highest BCUT2D eigenvalue weighted by Crippen LogP contribution is 2.30. The van der Waals surface area contributed by atoms with Gasteiger partial charge in [-0.2, -0.15) is 0 Å². The van der Waals surface area contributed by atoms with E-state index in [1.165, 1.54) is 18.2 Å². The van der Waals surface area contributed by atoms with E-state index in [9.17, 15) is 13.2 Å². The molecule has 0 radical (unpaired) electrons. The number of nitrogens with zero attached hydrogens (tertiary/aromatic N) is 1. The minimum Gasteiger partial charge on any atom is -0.480 e.